The Bertz CT molecular complexity index is 802. The lowest BCUT2D eigenvalue weighted by Gasteiger charge is -2.32. The lowest BCUT2D eigenvalue weighted by Crippen LogP contribution is -2.41. The van der Waals surface area contributed by atoms with Gasteiger partial charge in [0.2, 0.25) is 0 Å². The highest BCUT2D eigenvalue weighted by molar-refractivity contribution is 5.95. The number of hydrogen-bond acceptors (Lipinski definition) is 2. The molecule has 2 aromatic carbocycles. The summed E-state index contributed by atoms with van der Waals surface area (Å²) < 4.78 is 27.4. The Balaban J connectivity index is 1.50. The average molecular weight is 358 g/mol. The molecule has 4 nitrogen and oxygen atoms in total. The van der Waals surface area contributed by atoms with Crippen LogP contribution in [0.1, 0.15) is 33.6 Å². The topological polar surface area (TPSA) is 49.4 Å². The highest BCUT2D eigenvalue weighted by Gasteiger charge is 2.25. The molecule has 0 aromatic heterocycles. The lowest BCUT2D eigenvalue weighted by atomic mass is 9.96. The molecular weight excluding hydrogens is 338 g/mol. The van der Waals surface area contributed by atoms with Gasteiger partial charge in [0.1, 0.15) is 11.6 Å². The quantitative estimate of drug-likeness (QED) is 0.912. The number of amides is 2. The van der Waals surface area contributed by atoms with Gasteiger partial charge in [-0.3, -0.25) is 9.59 Å². The van der Waals surface area contributed by atoms with Crippen LogP contribution in [0.4, 0.5) is 8.78 Å². The maximum absolute atomic E-state index is 13.7. The predicted molar refractivity (Wildman–Crippen MR) is 93.8 cm³/mol. The molecule has 1 aliphatic rings. The second-order valence-corrected chi connectivity index (χ2v) is 6.41. The first-order valence-corrected chi connectivity index (χ1v) is 8.63. The van der Waals surface area contributed by atoms with Crippen LogP contribution in [0.5, 0.6) is 0 Å². The van der Waals surface area contributed by atoms with Crippen molar-refractivity contribution >= 4 is 11.8 Å². The fourth-order valence-corrected chi connectivity index (χ4v) is 3.12. The largest absolute Gasteiger partial charge is 0.352 e. The van der Waals surface area contributed by atoms with Crippen LogP contribution in [0, 0.1) is 17.6 Å². The minimum Gasteiger partial charge on any atom is -0.352 e. The van der Waals surface area contributed by atoms with Crippen LogP contribution in [0.25, 0.3) is 0 Å². The molecule has 0 radical (unpaired) electrons. The highest BCUT2D eigenvalue weighted by atomic mass is 19.1. The molecule has 0 aliphatic carbocycles. The fraction of sp³-hybridized carbons (Fsp3) is 0.300. The molecule has 1 saturated heterocycles. The lowest BCUT2D eigenvalue weighted by molar-refractivity contribution is 0.0679. The summed E-state index contributed by atoms with van der Waals surface area (Å²) in [5, 5.41) is 2.75. The van der Waals surface area contributed by atoms with Crippen molar-refractivity contribution in [3.05, 3.63) is 71.3 Å². The van der Waals surface area contributed by atoms with Crippen molar-refractivity contribution in [1.82, 2.24) is 10.2 Å². The molecule has 2 amide bonds. The smallest absolute Gasteiger partial charge is 0.256 e. The van der Waals surface area contributed by atoms with E-state index in [2.05, 4.69) is 5.32 Å². The molecule has 3 rings (SSSR count). The molecule has 0 atom stereocenters. The molecule has 0 saturated carbocycles. The molecular formula is C20H20F2N2O2. The van der Waals surface area contributed by atoms with Crippen molar-refractivity contribution in [3.8, 4) is 0 Å². The van der Waals surface area contributed by atoms with Gasteiger partial charge in [-0.2, -0.15) is 0 Å². The zero-order valence-corrected chi connectivity index (χ0v) is 14.3. The number of carbonyl (C=O) groups excluding carboxylic acids is 2. The summed E-state index contributed by atoms with van der Waals surface area (Å²) >= 11 is 0. The summed E-state index contributed by atoms with van der Waals surface area (Å²) in [6.07, 6.45) is 1.41. The van der Waals surface area contributed by atoms with Gasteiger partial charge < -0.3 is 10.2 Å². The first kappa shape index (κ1) is 18.0. The first-order valence-electron chi connectivity index (χ1n) is 8.63. The van der Waals surface area contributed by atoms with Crippen molar-refractivity contribution in [2.75, 3.05) is 19.6 Å². The van der Waals surface area contributed by atoms with Gasteiger partial charge in [-0.1, -0.05) is 24.3 Å². The van der Waals surface area contributed by atoms with Gasteiger partial charge in [-0.25, -0.2) is 8.78 Å². The molecule has 0 bridgehead atoms. The Morgan fingerprint density at radius 2 is 1.46 bits per heavy atom. The third-order valence-corrected chi connectivity index (χ3v) is 4.68. The third-order valence-electron chi connectivity index (χ3n) is 4.68. The van der Waals surface area contributed by atoms with Crippen LogP contribution in [-0.2, 0) is 0 Å². The van der Waals surface area contributed by atoms with Crippen LogP contribution in [0.3, 0.4) is 0 Å². The average Bonchev–Trinajstić information content (AvgIpc) is 2.67. The maximum Gasteiger partial charge on any atom is 0.256 e. The number of nitrogens with one attached hydrogen (secondary N) is 1. The Kier molecular flexibility index (Phi) is 5.61. The van der Waals surface area contributed by atoms with E-state index in [4.69, 9.17) is 0 Å². The van der Waals surface area contributed by atoms with Crippen LogP contribution < -0.4 is 5.32 Å². The molecule has 1 N–H and O–H groups in total. The molecule has 136 valence electrons. The number of hydrogen-bond donors (Lipinski definition) is 1. The number of piperidine rings is 1. The zero-order chi connectivity index (χ0) is 18.5. The van der Waals surface area contributed by atoms with Gasteiger partial charge in [-0.15, -0.1) is 0 Å². The van der Waals surface area contributed by atoms with E-state index in [1.807, 2.05) is 0 Å². The molecule has 1 fully saturated rings. The Morgan fingerprint density at radius 1 is 0.923 bits per heavy atom. The molecule has 0 unspecified atom stereocenters. The van der Waals surface area contributed by atoms with Crippen LogP contribution >= 0.6 is 0 Å². The molecule has 0 spiro atoms. The van der Waals surface area contributed by atoms with E-state index in [0.717, 1.165) is 0 Å². The van der Waals surface area contributed by atoms with Gasteiger partial charge >= 0.3 is 0 Å². The van der Waals surface area contributed by atoms with E-state index in [1.165, 1.54) is 30.3 Å². The van der Waals surface area contributed by atoms with Crippen molar-refractivity contribution < 1.29 is 18.4 Å². The van der Waals surface area contributed by atoms with Gasteiger partial charge in [0.25, 0.3) is 11.8 Å². The standard InChI is InChI=1S/C20H20F2N2O2/c21-17-7-3-1-5-15(17)19(25)23-13-14-9-11-24(12-10-14)20(26)16-6-2-4-8-18(16)22/h1-8,14H,9-13H2,(H,23,25). The minimum atomic E-state index is -0.546. The van der Waals surface area contributed by atoms with Gasteiger partial charge in [0.05, 0.1) is 11.1 Å². The van der Waals surface area contributed by atoms with E-state index in [-0.39, 0.29) is 23.0 Å². The first-order chi connectivity index (χ1) is 12.6. The van der Waals surface area contributed by atoms with E-state index in [1.54, 1.807) is 23.1 Å². The molecule has 1 heterocycles. The van der Waals surface area contributed by atoms with Gasteiger partial charge in [0.15, 0.2) is 0 Å². The third kappa shape index (κ3) is 4.07. The van der Waals surface area contributed by atoms with Gasteiger partial charge in [-0.05, 0) is 43.0 Å². The van der Waals surface area contributed by atoms with E-state index in [0.29, 0.717) is 32.5 Å². The molecule has 26 heavy (non-hydrogen) atoms. The van der Waals surface area contributed by atoms with Crippen molar-refractivity contribution in [3.63, 3.8) is 0 Å². The Morgan fingerprint density at radius 3 is 2.04 bits per heavy atom. The molecule has 6 heteroatoms. The Hall–Kier alpha value is -2.76. The summed E-state index contributed by atoms with van der Waals surface area (Å²) in [5.74, 6) is -1.60. The number of carbonyl (C=O) groups is 2. The van der Waals surface area contributed by atoms with Crippen LogP contribution in [0.15, 0.2) is 48.5 Å². The summed E-state index contributed by atoms with van der Waals surface area (Å²) in [5.41, 5.74) is 0.110. The van der Waals surface area contributed by atoms with Gasteiger partial charge in [0, 0.05) is 19.6 Å². The summed E-state index contributed by atoms with van der Waals surface area (Å²) in [4.78, 5) is 26.1. The summed E-state index contributed by atoms with van der Waals surface area (Å²) in [6.45, 7) is 1.44. The predicted octanol–water partition coefficient (Wildman–Crippen LogP) is 3.25. The second kappa shape index (κ2) is 8.08. The number of likely N-dealkylation sites (tertiary alicyclic amines) is 1. The van der Waals surface area contributed by atoms with Crippen molar-refractivity contribution in [2.45, 2.75) is 12.8 Å². The zero-order valence-electron chi connectivity index (χ0n) is 14.3. The van der Waals surface area contributed by atoms with Crippen molar-refractivity contribution in [2.24, 2.45) is 5.92 Å². The SMILES string of the molecule is O=C(NCC1CCN(C(=O)c2ccccc2F)CC1)c1ccccc1F. The Labute approximate surface area is 150 Å². The van der Waals surface area contributed by atoms with E-state index >= 15 is 0 Å². The number of nitrogens with zero attached hydrogens (tertiary/aromatic N) is 1. The maximum atomic E-state index is 13.7. The summed E-state index contributed by atoms with van der Waals surface area (Å²) in [7, 11) is 0. The normalized spacial score (nSPS) is 14.9. The number of rotatable bonds is 4. The second-order valence-electron chi connectivity index (χ2n) is 6.41. The minimum absolute atomic E-state index is 0.0275. The molecule has 1 aliphatic heterocycles. The van der Waals surface area contributed by atoms with Crippen LogP contribution in [0.2, 0.25) is 0 Å². The monoisotopic (exact) mass is 358 g/mol. The number of halogens is 2. The number of benzene rings is 2. The fourth-order valence-electron chi connectivity index (χ4n) is 3.12. The highest BCUT2D eigenvalue weighted by Crippen LogP contribution is 2.20. The summed E-state index contributed by atoms with van der Waals surface area (Å²) in [6, 6.07) is 11.8. The van der Waals surface area contributed by atoms with E-state index in [9.17, 15) is 18.4 Å². The van der Waals surface area contributed by atoms with Crippen LogP contribution in [-0.4, -0.2) is 36.3 Å². The van der Waals surface area contributed by atoms with E-state index < -0.39 is 17.5 Å². The molecule has 2 aromatic rings. The van der Waals surface area contributed by atoms with Crippen molar-refractivity contribution in [1.29, 1.82) is 0 Å².